The molecule has 108 valence electrons. The van der Waals surface area contributed by atoms with E-state index in [1.54, 1.807) is 0 Å². The zero-order chi connectivity index (χ0) is 13.7. The van der Waals surface area contributed by atoms with Crippen LogP contribution in [0.3, 0.4) is 0 Å². The zero-order valence-corrected chi connectivity index (χ0v) is 12.3. The molecule has 1 aromatic rings. The third-order valence-corrected chi connectivity index (χ3v) is 5.22. The second-order valence-corrected chi connectivity index (χ2v) is 6.56. The van der Waals surface area contributed by atoms with E-state index < -0.39 is 0 Å². The molecule has 1 heterocycles. The van der Waals surface area contributed by atoms with Gasteiger partial charge in [0, 0.05) is 6.04 Å². The lowest BCUT2D eigenvalue weighted by molar-refractivity contribution is 0.291. The van der Waals surface area contributed by atoms with Crippen LogP contribution in [0, 0.1) is 23.7 Å². The maximum Gasteiger partial charge on any atom is 0.322 e. The maximum atomic E-state index is 5.94. The molecule has 1 aromatic heterocycles. The third-order valence-electron chi connectivity index (χ3n) is 5.05. The van der Waals surface area contributed by atoms with Crippen molar-refractivity contribution in [3.05, 3.63) is 5.28 Å². The van der Waals surface area contributed by atoms with E-state index in [9.17, 15) is 0 Å². The number of aromatic nitrogens is 3. The molecule has 0 spiro atoms. The van der Waals surface area contributed by atoms with E-state index in [1.807, 2.05) is 6.92 Å². The number of anilines is 1. The summed E-state index contributed by atoms with van der Waals surface area (Å²) in [6.45, 7) is 2.64. The van der Waals surface area contributed by atoms with Gasteiger partial charge in [0.15, 0.2) is 0 Å². The van der Waals surface area contributed by atoms with Crippen LogP contribution in [0.15, 0.2) is 0 Å². The molecular weight excluding hydrogens is 276 g/mol. The molecule has 0 radical (unpaired) electrons. The van der Waals surface area contributed by atoms with E-state index in [2.05, 4.69) is 20.3 Å². The Labute approximate surface area is 123 Å². The highest BCUT2D eigenvalue weighted by atomic mass is 35.5. The Morgan fingerprint density at radius 3 is 2.65 bits per heavy atom. The van der Waals surface area contributed by atoms with Crippen LogP contribution in [-0.4, -0.2) is 27.6 Å². The van der Waals surface area contributed by atoms with Gasteiger partial charge < -0.3 is 10.1 Å². The van der Waals surface area contributed by atoms with Crippen molar-refractivity contribution in [1.29, 1.82) is 0 Å². The summed E-state index contributed by atoms with van der Waals surface area (Å²) in [6, 6.07) is 0.863. The van der Waals surface area contributed by atoms with Gasteiger partial charge >= 0.3 is 6.01 Å². The first kappa shape index (κ1) is 12.6. The highest BCUT2D eigenvalue weighted by molar-refractivity contribution is 6.28. The third kappa shape index (κ3) is 2.03. The summed E-state index contributed by atoms with van der Waals surface area (Å²) >= 11 is 5.94. The second-order valence-electron chi connectivity index (χ2n) is 6.22. The van der Waals surface area contributed by atoms with Crippen molar-refractivity contribution < 1.29 is 4.74 Å². The Bertz CT molecular complexity index is 510. The molecule has 6 heteroatoms. The molecule has 3 fully saturated rings. The molecule has 20 heavy (non-hydrogen) atoms. The first-order chi connectivity index (χ1) is 9.76. The Morgan fingerprint density at radius 1 is 1.20 bits per heavy atom. The second kappa shape index (κ2) is 4.72. The molecular formula is C14H19ClN4O. The van der Waals surface area contributed by atoms with Crippen LogP contribution in [-0.2, 0) is 0 Å². The van der Waals surface area contributed by atoms with Gasteiger partial charge in [0.25, 0.3) is 0 Å². The lowest BCUT2D eigenvalue weighted by Crippen LogP contribution is -2.15. The number of nitrogens with zero attached hydrogens (tertiary/aromatic N) is 3. The predicted molar refractivity (Wildman–Crippen MR) is 75.8 cm³/mol. The van der Waals surface area contributed by atoms with E-state index in [-0.39, 0.29) is 5.28 Å². The number of hydrogen-bond acceptors (Lipinski definition) is 5. The zero-order valence-electron chi connectivity index (χ0n) is 11.6. The fourth-order valence-electron chi connectivity index (χ4n) is 4.32. The summed E-state index contributed by atoms with van der Waals surface area (Å²) in [5.74, 6) is 4.09. The Morgan fingerprint density at radius 2 is 1.95 bits per heavy atom. The lowest BCUT2D eigenvalue weighted by Gasteiger charge is -2.11. The van der Waals surface area contributed by atoms with Crippen LogP contribution in [0.2, 0.25) is 5.28 Å². The quantitative estimate of drug-likeness (QED) is 0.905. The fourth-order valence-corrected chi connectivity index (χ4v) is 4.47. The van der Waals surface area contributed by atoms with Gasteiger partial charge in [-0.05, 0) is 61.0 Å². The minimum Gasteiger partial charge on any atom is -0.463 e. The minimum atomic E-state index is 0.197. The van der Waals surface area contributed by atoms with E-state index in [0.717, 1.165) is 30.1 Å². The van der Waals surface area contributed by atoms with Crippen LogP contribution in [0.25, 0.3) is 0 Å². The Hall–Kier alpha value is -1.10. The molecule has 0 saturated heterocycles. The van der Waals surface area contributed by atoms with Crippen molar-refractivity contribution in [2.75, 3.05) is 11.9 Å². The number of fused-ring (bicyclic) bond motifs is 5. The molecule has 4 atom stereocenters. The van der Waals surface area contributed by atoms with E-state index >= 15 is 0 Å². The smallest absolute Gasteiger partial charge is 0.322 e. The minimum absolute atomic E-state index is 0.197. The van der Waals surface area contributed by atoms with Gasteiger partial charge in [0.1, 0.15) is 0 Å². The first-order valence-electron chi connectivity index (χ1n) is 7.57. The van der Waals surface area contributed by atoms with Gasteiger partial charge in [0.2, 0.25) is 11.2 Å². The van der Waals surface area contributed by atoms with Gasteiger partial charge in [-0.15, -0.1) is 0 Å². The van der Waals surface area contributed by atoms with Crippen molar-refractivity contribution >= 4 is 17.5 Å². The molecule has 3 saturated carbocycles. The average Bonchev–Trinajstić information content (AvgIpc) is 2.83. The number of hydrogen-bond donors (Lipinski definition) is 1. The first-order valence-corrected chi connectivity index (χ1v) is 7.95. The standard InChI is InChI=1S/C14H19ClN4O/c1-2-5-20-14-18-12(15)17-13(19-14)16-11-9-7-3-4-8(6-7)10(9)11/h7-11H,2-6H2,1H3,(H,16,17,18,19). The molecule has 5 nitrogen and oxygen atoms in total. The van der Waals surface area contributed by atoms with Crippen molar-refractivity contribution in [2.45, 2.75) is 38.6 Å². The van der Waals surface area contributed by atoms with Gasteiger partial charge in [-0.2, -0.15) is 15.0 Å². The molecule has 4 rings (SSSR count). The average molecular weight is 295 g/mol. The number of ether oxygens (including phenoxy) is 1. The molecule has 2 bridgehead atoms. The molecule has 3 aliphatic rings. The summed E-state index contributed by atoms with van der Waals surface area (Å²) in [6.07, 6.45) is 5.18. The van der Waals surface area contributed by atoms with Crippen molar-refractivity contribution in [1.82, 2.24) is 15.0 Å². The lowest BCUT2D eigenvalue weighted by atomic mass is 10.0. The normalized spacial score (nSPS) is 36.8. The summed E-state index contributed by atoms with van der Waals surface area (Å²) in [7, 11) is 0. The van der Waals surface area contributed by atoms with Crippen molar-refractivity contribution in [2.24, 2.45) is 23.7 Å². The summed E-state index contributed by atoms with van der Waals surface area (Å²) in [5, 5.41) is 3.65. The summed E-state index contributed by atoms with van der Waals surface area (Å²) in [4.78, 5) is 12.5. The molecule has 1 N–H and O–H groups in total. The molecule has 0 amide bonds. The Kier molecular flexibility index (Phi) is 2.98. The van der Waals surface area contributed by atoms with E-state index in [0.29, 0.717) is 24.6 Å². The van der Waals surface area contributed by atoms with Gasteiger partial charge in [-0.1, -0.05) is 6.92 Å². The molecule has 4 unspecified atom stereocenters. The predicted octanol–water partition coefficient (Wildman–Crippen LogP) is 2.77. The molecule has 0 aromatic carbocycles. The van der Waals surface area contributed by atoms with Crippen LogP contribution < -0.4 is 10.1 Å². The SMILES string of the molecule is CCCOc1nc(Cl)nc(NC2C3C4CCC(C4)C23)n1. The van der Waals surface area contributed by atoms with Gasteiger partial charge in [-0.25, -0.2) is 0 Å². The highest BCUT2D eigenvalue weighted by Crippen LogP contribution is 2.66. The highest BCUT2D eigenvalue weighted by Gasteiger charge is 2.65. The van der Waals surface area contributed by atoms with Crippen LogP contribution in [0.5, 0.6) is 6.01 Å². The number of rotatable bonds is 5. The topological polar surface area (TPSA) is 59.9 Å². The summed E-state index contributed by atoms with van der Waals surface area (Å²) < 4.78 is 5.44. The molecule has 3 aliphatic carbocycles. The number of halogens is 1. The fraction of sp³-hybridized carbons (Fsp3) is 0.786. The van der Waals surface area contributed by atoms with Crippen molar-refractivity contribution in [3.8, 4) is 6.01 Å². The van der Waals surface area contributed by atoms with Crippen molar-refractivity contribution in [3.63, 3.8) is 0 Å². The van der Waals surface area contributed by atoms with Crippen LogP contribution >= 0.6 is 11.6 Å². The van der Waals surface area contributed by atoms with Gasteiger partial charge in [0.05, 0.1) is 6.61 Å². The summed E-state index contributed by atoms with van der Waals surface area (Å²) in [5.41, 5.74) is 0. The monoisotopic (exact) mass is 294 g/mol. The van der Waals surface area contributed by atoms with E-state index in [4.69, 9.17) is 16.3 Å². The largest absolute Gasteiger partial charge is 0.463 e. The number of nitrogens with one attached hydrogen (secondary N) is 1. The van der Waals surface area contributed by atoms with E-state index in [1.165, 1.54) is 19.3 Å². The maximum absolute atomic E-state index is 5.94. The van der Waals surface area contributed by atoms with Crippen LogP contribution in [0.1, 0.15) is 32.6 Å². The van der Waals surface area contributed by atoms with Crippen LogP contribution in [0.4, 0.5) is 5.95 Å². The molecule has 0 aliphatic heterocycles. The van der Waals surface area contributed by atoms with Gasteiger partial charge in [-0.3, -0.25) is 0 Å². The Balaban J connectivity index is 1.45.